The van der Waals surface area contributed by atoms with Gasteiger partial charge in [-0.25, -0.2) is 8.42 Å². The van der Waals surface area contributed by atoms with Crippen molar-refractivity contribution >= 4 is 26.5 Å². The summed E-state index contributed by atoms with van der Waals surface area (Å²) in [5.74, 6) is -0.161. The van der Waals surface area contributed by atoms with Gasteiger partial charge in [-0.15, -0.1) is 0 Å². The van der Waals surface area contributed by atoms with Crippen LogP contribution in [0.25, 0.3) is 10.8 Å². The van der Waals surface area contributed by atoms with Gasteiger partial charge >= 0.3 is 0 Å². The Balaban J connectivity index is 1.48. The molecule has 6 nitrogen and oxygen atoms in total. The number of aromatic hydroxyl groups is 1. The molecule has 0 aliphatic rings. The van der Waals surface area contributed by atoms with E-state index in [-0.39, 0.29) is 17.5 Å². The van der Waals surface area contributed by atoms with Gasteiger partial charge in [0.25, 0.3) is 0 Å². The SMILES string of the molecule is CS(=O)(=O)Nc1cc(C[C@H](O)CNC(Cc2ccccc2)c2ccc3ccccc3c2)ccc1O. The molecule has 4 aromatic carbocycles. The van der Waals surface area contributed by atoms with Crippen LogP contribution in [0.3, 0.4) is 0 Å². The minimum Gasteiger partial charge on any atom is -0.506 e. The number of phenolic OH excluding ortho intramolecular Hbond substituents is 1. The van der Waals surface area contributed by atoms with Gasteiger partial charge < -0.3 is 15.5 Å². The summed E-state index contributed by atoms with van der Waals surface area (Å²) >= 11 is 0. The Kier molecular flexibility index (Phi) is 7.70. The number of aliphatic hydroxyl groups excluding tert-OH is 1. The van der Waals surface area contributed by atoms with Gasteiger partial charge in [0.1, 0.15) is 5.75 Å². The Labute approximate surface area is 206 Å². The molecule has 7 heteroatoms. The van der Waals surface area contributed by atoms with Gasteiger partial charge in [0.15, 0.2) is 0 Å². The van der Waals surface area contributed by atoms with Gasteiger partial charge in [0.05, 0.1) is 18.0 Å². The van der Waals surface area contributed by atoms with Crippen molar-refractivity contribution < 1.29 is 18.6 Å². The van der Waals surface area contributed by atoms with Crippen molar-refractivity contribution in [2.24, 2.45) is 0 Å². The summed E-state index contributed by atoms with van der Waals surface area (Å²) < 4.78 is 25.4. The maximum Gasteiger partial charge on any atom is 0.229 e. The maximum absolute atomic E-state index is 11.5. The van der Waals surface area contributed by atoms with Gasteiger partial charge in [0, 0.05) is 12.6 Å². The lowest BCUT2D eigenvalue weighted by atomic mass is 9.96. The number of aliphatic hydroxyl groups is 1. The Morgan fingerprint density at radius 2 is 1.51 bits per heavy atom. The minimum absolute atomic E-state index is 0.000985. The molecule has 4 rings (SSSR count). The molecule has 0 spiro atoms. The second-order valence-electron chi connectivity index (χ2n) is 8.84. The van der Waals surface area contributed by atoms with E-state index >= 15 is 0 Å². The molecule has 182 valence electrons. The number of nitrogens with one attached hydrogen (secondary N) is 2. The quantitative estimate of drug-likeness (QED) is 0.247. The minimum atomic E-state index is -3.53. The van der Waals surface area contributed by atoms with Crippen LogP contribution in [0.5, 0.6) is 5.75 Å². The zero-order valence-corrected chi connectivity index (χ0v) is 20.4. The first kappa shape index (κ1) is 24.7. The van der Waals surface area contributed by atoms with Crippen LogP contribution >= 0.6 is 0 Å². The number of anilines is 1. The van der Waals surface area contributed by atoms with Crippen molar-refractivity contribution in [1.29, 1.82) is 0 Å². The van der Waals surface area contributed by atoms with Crippen LogP contribution < -0.4 is 10.0 Å². The van der Waals surface area contributed by atoms with Gasteiger partial charge in [0.2, 0.25) is 10.0 Å². The molecule has 0 amide bonds. The standard InChI is InChI=1S/C28H30N2O4S/c1-35(33,34)30-27-17-21(11-14-28(27)32)15-25(31)19-29-26(16-20-7-3-2-4-8-20)24-13-12-22-9-5-6-10-23(22)18-24/h2-14,17-18,25-26,29-32H,15-16,19H2,1H3/t25-,26?/m0/s1. The van der Waals surface area contributed by atoms with Crippen LogP contribution in [0, 0.1) is 0 Å². The van der Waals surface area contributed by atoms with Crippen LogP contribution in [-0.2, 0) is 22.9 Å². The highest BCUT2D eigenvalue weighted by Crippen LogP contribution is 2.26. The van der Waals surface area contributed by atoms with Crippen molar-refractivity contribution in [2.75, 3.05) is 17.5 Å². The molecule has 2 atom stereocenters. The summed E-state index contributed by atoms with van der Waals surface area (Å²) in [5, 5.41) is 26.6. The Hall–Kier alpha value is -3.39. The topological polar surface area (TPSA) is 98.7 Å². The molecule has 1 unspecified atom stereocenters. The Morgan fingerprint density at radius 1 is 0.800 bits per heavy atom. The maximum atomic E-state index is 11.5. The molecule has 0 fully saturated rings. The number of fused-ring (bicyclic) bond motifs is 1. The molecule has 4 N–H and O–H groups in total. The molecule has 0 radical (unpaired) electrons. The zero-order valence-electron chi connectivity index (χ0n) is 19.6. The molecule has 4 aromatic rings. The number of hydrogen-bond donors (Lipinski definition) is 4. The lowest BCUT2D eigenvalue weighted by Gasteiger charge is -2.22. The van der Waals surface area contributed by atoms with Gasteiger partial charge in [-0.1, -0.05) is 72.8 Å². The summed E-state index contributed by atoms with van der Waals surface area (Å²) in [5.41, 5.74) is 3.16. The lowest BCUT2D eigenvalue weighted by molar-refractivity contribution is 0.167. The summed E-state index contributed by atoms with van der Waals surface area (Å²) in [7, 11) is -3.53. The van der Waals surface area contributed by atoms with E-state index in [1.165, 1.54) is 22.4 Å². The Morgan fingerprint density at radius 3 is 2.26 bits per heavy atom. The van der Waals surface area contributed by atoms with E-state index in [9.17, 15) is 18.6 Å². The molecule has 0 aliphatic carbocycles. The molecule has 0 aromatic heterocycles. The van der Waals surface area contributed by atoms with Crippen molar-refractivity contribution in [3.63, 3.8) is 0 Å². The fraction of sp³-hybridized carbons (Fsp3) is 0.214. The average molecular weight is 491 g/mol. The first-order valence-electron chi connectivity index (χ1n) is 11.5. The number of hydrogen-bond acceptors (Lipinski definition) is 5. The van der Waals surface area contributed by atoms with Crippen LogP contribution in [0.15, 0.2) is 91.0 Å². The molecular formula is C28H30N2O4S. The van der Waals surface area contributed by atoms with E-state index in [1.807, 2.05) is 30.3 Å². The molecule has 35 heavy (non-hydrogen) atoms. The van der Waals surface area contributed by atoms with Crippen LogP contribution in [0.1, 0.15) is 22.7 Å². The molecular weight excluding hydrogens is 460 g/mol. The average Bonchev–Trinajstić information content (AvgIpc) is 2.83. The molecule has 0 bridgehead atoms. The first-order chi connectivity index (χ1) is 16.8. The molecule has 0 aliphatic heterocycles. The predicted octanol–water partition coefficient (Wildman–Crippen LogP) is 4.39. The van der Waals surface area contributed by atoms with E-state index in [0.29, 0.717) is 18.5 Å². The second-order valence-corrected chi connectivity index (χ2v) is 10.6. The van der Waals surface area contributed by atoms with E-state index in [1.54, 1.807) is 12.1 Å². The van der Waals surface area contributed by atoms with Crippen LogP contribution in [0.2, 0.25) is 0 Å². The van der Waals surface area contributed by atoms with E-state index < -0.39 is 16.1 Å². The predicted molar refractivity (Wildman–Crippen MR) is 141 cm³/mol. The van der Waals surface area contributed by atoms with E-state index in [0.717, 1.165) is 18.2 Å². The first-order valence-corrected chi connectivity index (χ1v) is 13.4. The van der Waals surface area contributed by atoms with Crippen LogP contribution in [-0.4, -0.2) is 37.5 Å². The largest absolute Gasteiger partial charge is 0.506 e. The summed E-state index contributed by atoms with van der Waals surface area (Å²) in [4.78, 5) is 0. The highest BCUT2D eigenvalue weighted by atomic mass is 32.2. The fourth-order valence-electron chi connectivity index (χ4n) is 4.20. The van der Waals surface area contributed by atoms with Crippen molar-refractivity contribution in [1.82, 2.24) is 5.32 Å². The third-order valence-electron chi connectivity index (χ3n) is 5.89. The van der Waals surface area contributed by atoms with Crippen LogP contribution in [0.4, 0.5) is 5.69 Å². The summed E-state index contributed by atoms with van der Waals surface area (Å²) in [6.45, 7) is 0.347. The fourth-order valence-corrected chi connectivity index (χ4v) is 4.76. The highest BCUT2D eigenvalue weighted by Gasteiger charge is 2.16. The summed E-state index contributed by atoms with van der Waals surface area (Å²) in [6.07, 6.45) is 1.40. The normalized spacial score (nSPS) is 13.4. The number of benzene rings is 4. The molecule has 0 saturated carbocycles. The zero-order chi connectivity index (χ0) is 24.8. The van der Waals surface area contributed by atoms with Crippen molar-refractivity contribution in [2.45, 2.75) is 25.0 Å². The van der Waals surface area contributed by atoms with Crippen molar-refractivity contribution in [3.05, 3.63) is 108 Å². The smallest absolute Gasteiger partial charge is 0.229 e. The highest BCUT2D eigenvalue weighted by molar-refractivity contribution is 7.92. The lowest BCUT2D eigenvalue weighted by Crippen LogP contribution is -2.32. The third kappa shape index (κ3) is 7.05. The number of sulfonamides is 1. The van der Waals surface area contributed by atoms with Gasteiger partial charge in [-0.2, -0.15) is 0 Å². The van der Waals surface area contributed by atoms with E-state index in [4.69, 9.17) is 0 Å². The van der Waals surface area contributed by atoms with E-state index in [2.05, 4.69) is 52.5 Å². The number of phenols is 1. The van der Waals surface area contributed by atoms with Gasteiger partial charge in [-0.3, -0.25) is 4.72 Å². The number of rotatable bonds is 10. The third-order valence-corrected chi connectivity index (χ3v) is 6.48. The van der Waals surface area contributed by atoms with Crippen molar-refractivity contribution in [3.8, 4) is 5.75 Å². The Bertz CT molecular complexity index is 1390. The molecule has 0 saturated heterocycles. The van der Waals surface area contributed by atoms with Gasteiger partial charge in [-0.05, 0) is 58.5 Å². The summed E-state index contributed by atoms with van der Waals surface area (Å²) in [6, 6.07) is 29.6. The molecule has 0 heterocycles. The second kappa shape index (κ2) is 10.9. The monoisotopic (exact) mass is 490 g/mol.